The molecule has 0 fully saturated rings. The van der Waals surface area contributed by atoms with Gasteiger partial charge in [-0.1, -0.05) is 105 Å². The lowest BCUT2D eigenvalue weighted by atomic mass is 9.67. The highest BCUT2D eigenvalue weighted by molar-refractivity contribution is 5.80. The highest BCUT2D eigenvalue weighted by atomic mass is 16.4. The molecular weight excluding hydrogens is 348 g/mol. The highest BCUT2D eigenvalue weighted by Crippen LogP contribution is 2.43. The molecule has 0 saturated heterocycles. The second-order valence-corrected chi connectivity index (χ2v) is 7.91. The molecule has 0 saturated carbocycles. The van der Waals surface area contributed by atoms with Crippen LogP contribution < -0.4 is 0 Å². The average molecular weight is 374 g/mol. The molecule has 0 aliphatic rings. The van der Waals surface area contributed by atoms with E-state index >= 15 is 0 Å². The van der Waals surface area contributed by atoms with E-state index in [1.165, 1.54) is 0 Å². The number of rotatable bonds is 7. The van der Waals surface area contributed by atoms with Gasteiger partial charge in [-0.3, -0.25) is 0 Å². The second kappa shape index (κ2) is 7.99. The van der Waals surface area contributed by atoms with Gasteiger partial charge in [-0.05, 0) is 28.5 Å². The molecule has 0 aliphatic heterocycles. The molecule has 0 amide bonds. The Kier molecular flexibility index (Phi) is 5.66. The van der Waals surface area contributed by atoms with Crippen molar-refractivity contribution in [2.24, 2.45) is 0 Å². The van der Waals surface area contributed by atoms with Crippen LogP contribution in [0.3, 0.4) is 0 Å². The van der Waals surface area contributed by atoms with Crippen LogP contribution in [0.1, 0.15) is 42.9 Å². The van der Waals surface area contributed by atoms with Crippen LogP contribution in [0.5, 0.6) is 0 Å². The highest BCUT2D eigenvalue weighted by Gasteiger charge is 2.49. The Morgan fingerprint density at radius 3 is 1.57 bits per heavy atom. The summed E-state index contributed by atoms with van der Waals surface area (Å²) in [6, 6.07) is 28.5. The van der Waals surface area contributed by atoms with Crippen LogP contribution in [0, 0.1) is 0 Å². The Bertz CT molecular complexity index is 865. The first-order chi connectivity index (χ1) is 13.3. The van der Waals surface area contributed by atoms with Crippen LogP contribution in [-0.4, -0.2) is 21.8 Å². The Labute approximate surface area is 166 Å². The maximum Gasteiger partial charge on any atom is 0.336 e. The summed E-state index contributed by atoms with van der Waals surface area (Å²) in [7, 11) is 0. The van der Waals surface area contributed by atoms with E-state index in [9.17, 15) is 15.0 Å². The van der Waals surface area contributed by atoms with Gasteiger partial charge < -0.3 is 10.2 Å². The molecule has 1 unspecified atom stereocenters. The van der Waals surface area contributed by atoms with E-state index in [1.54, 1.807) is 0 Å². The van der Waals surface area contributed by atoms with Gasteiger partial charge >= 0.3 is 5.97 Å². The lowest BCUT2D eigenvalue weighted by Crippen LogP contribution is -2.49. The van der Waals surface area contributed by atoms with Crippen molar-refractivity contribution in [2.45, 2.75) is 37.2 Å². The van der Waals surface area contributed by atoms with Crippen LogP contribution in [0.15, 0.2) is 91.0 Å². The van der Waals surface area contributed by atoms with E-state index in [0.29, 0.717) is 0 Å². The molecule has 3 aromatic rings. The monoisotopic (exact) mass is 374 g/mol. The molecule has 0 aliphatic carbocycles. The zero-order chi connectivity index (χ0) is 20.2. The normalized spacial score (nSPS) is 13.9. The lowest BCUT2D eigenvalue weighted by molar-refractivity contribution is -0.162. The minimum Gasteiger partial charge on any atom is -0.479 e. The van der Waals surface area contributed by atoms with Gasteiger partial charge in [0, 0.05) is 5.92 Å². The fraction of sp³-hybridized carbons (Fsp3) is 0.240. The van der Waals surface area contributed by atoms with Crippen molar-refractivity contribution in [1.82, 2.24) is 0 Å². The maximum atomic E-state index is 12.5. The number of carbonyl (C=O) groups is 1. The van der Waals surface area contributed by atoms with Crippen molar-refractivity contribution in [3.05, 3.63) is 108 Å². The lowest BCUT2D eigenvalue weighted by Gasteiger charge is -2.39. The number of hydrogen-bond acceptors (Lipinski definition) is 2. The van der Waals surface area contributed by atoms with Crippen molar-refractivity contribution in [3.63, 3.8) is 0 Å². The fourth-order valence-electron chi connectivity index (χ4n) is 4.00. The predicted molar refractivity (Wildman–Crippen MR) is 111 cm³/mol. The number of benzene rings is 3. The van der Waals surface area contributed by atoms with Crippen LogP contribution in [0.4, 0.5) is 0 Å². The standard InChI is InChI=1S/C25H26O3/c1-24(2,21-16-10-5-11-17-21)18-25(28,23(26)27)22(19-12-6-3-7-13-19)20-14-8-4-9-15-20/h3-17,22,28H,18H2,1-2H3,(H,26,27). The Hall–Kier alpha value is -2.91. The van der Waals surface area contributed by atoms with Crippen molar-refractivity contribution >= 4 is 5.97 Å². The van der Waals surface area contributed by atoms with E-state index < -0.39 is 22.9 Å². The predicted octanol–water partition coefficient (Wildman–Crippen LogP) is 5.00. The van der Waals surface area contributed by atoms with E-state index in [0.717, 1.165) is 16.7 Å². The summed E-state index contributed by atoms with van der Waals surface area (Å²) in [5.41, 5.74) is 0.0533. The molecule has 3 aromatic carbocycles. The first-order valence-electron chi connectivity index (χ1n) is 9.46. The van der Waals surface area contributed by atoms with Crippen molar-refractivity contribution in [1.29, 1.82) is 0 Å². The van der Waals surface area contributed by atoms with Crippen molar-refractivity contribution in [2.75, 3.05) is 0 Å². The molecule has 2 N–H and O–H groups in total. The van der Waals surface area contributed by atoms with Crippen molar-refractivity contribution < 1.29 is 15.0 Å². The third-order valence-corrected chi connectivity index (χ3v) is 5.38. The first kappa shape index (κ1) is 19.8. The summed E-state index contributed by atoms with van der Waals surface area (Å²) in [6.07, 6.45) is 0.0772. The van der Waals surface area contributed by atoms with Gasteiger partial charge in [0.25, 0.3) is 0 Å². The van der Waals surface area contributed by atoms with Gasteiger partial charge in [0.15, 0.2) is 5.60 Å². The van der Waals surface area contributed by atoms with Crippen LogP contribution in [0.2, 0.25) is 0 Å². The molecule has 0 heterocycles. The van der Waals surface area contributed by atoms with E-state index in [1.807, 2.05) is 105 Å². The molecule has 0 spiro atoms. The number of carboxylic acid groups (broad SMARTS) is 1. The quantitative estimate of drug-likeness (QED) is 0.612. The Morgan fingerprint density at radius 1 is 0.786 bits per heavy atom. The number of hydrogen-bond donors (Lipinski definition) is 2. The molecule has 1 atom stereocenters. The number of carboxylic acids is 1. The number of aliphatic carboxylic acids is 1. The molecule has 28 heavy (non-hydrogen) atoms. The van der Waals surface area contributed by atoms with Gasteiger partial charge in [-0.25, -0.2) is 4.79 Å². The molecule has 3 nitrogen and oxygen atoms in total. The zero-order valence-electron chi connectivity index (χ0n) is 16.2. The zero-order valence-corrected chi connectivity index (χ0v) is 16.2. The molecule has 144 valence electrons. The topological polar surface area (TPSA) is 57.5 Å². The summed E-state index contributed by atoms with van der Waals surface area (Å²) < 4.78 is 0. The SMILES string of the molecule is CC(C)(CC(O)(C(=O)O)C(c1ccccc1)c1ccccc1)c1ccccc1. The molecular formula is C25H26O3. The fourth-order valence-corrected chi connectivity index (χ4v) is 4.00. The van der Waals surface area contributed by atoms with Gasteiger partial charge in [0.05, 0.1) is 0 Å². The summed E-state index contributed by atoms with van der Waals surface area (Å²) in [5.74, 6) is -1.90. The average Bonchev–Trinajstić information content (AvgIpc) is 2.70. The van der Waals surface area contributed by atoms with Crippen LogP contribution in [-0.2, 0) is 10.2 Å². The summed E-state index contributed by atoms with van der Waals surface area (Å²) in [6.45, 7) is 3.95. The molecule has 3 heteroatoms. The van der Waals surface area contributed by atoms with Crippen LogP contribution in [0.25, 0.3) is 0 Å². The first-order valence-corrected chi connectivity index (χ1v) is 9.46. The van der Waals surface area contributed by atoms with E-state index in [-0.39, 0.29) is 6.42 Å². The largest absolute Gasteiger partial charge is 0.479 e. The third kappa shape index (κ3) is 4.00. The molecule has 0 aromatic heterocycles. The summed E-state index contributed by atoms with van der Waals surface area (Å²) >= 11 is 0. The van der Waals surface area contributed by atoms with Crippen molar-refractivity contribution in [3.8, 4) is 0 Å². The second-order valence-electron chi connectivity index (χ2n) is 7.91. The van der Waals surface area contributed by atoms with E-state index in [4.69, 9.17) is 0 Å². The smallest absolute Gasteiger partial charge is 0.336 e. The van der Waals surface area contributed by atoms with Gasteiger partial charge in [0.1, 0.15) is 0 Å². The van der Waals surface area contributed by atoms with E-state index in [2.05, 4.69) is 0 Å². The van der Waals surface area contributed by atoms with Gasteiger partial charge in [0.2, 0.25) is 0 Å². The van der Waals surface area contributed by atoms with Gasteiger partial charge in [-0.15, -0.1) is 0 Å². The minimum atomic E-state index is -1.97. The molecule has 0 bridgehead atoms. The van der Waals surface area contributed by atoms with Gasteiger partial charge in [-0.2, -0.15) is 0 Å². The molecule has 0 radical (unpaired) electrons. The summed E-state index contributed by atoms with van der Waals surface area (Å²) in [4.78, 5) is 12.5. The minimum absolute atomic E-state index is 0.0772. The third-order valence-electron chi connectivity index (χ3n) is 5.38. The molecule has 3 rings (SSSR count). The maximum absolute atomic E-state index is 12.5. The number of aliphatic hydroxyl groups is 1. The Balaban J connectivity index is 2.12. The Morgan fingerprint density at radius 2 is 1.18 bits per heavy atom. The summed E-state index contributed by atoms with van der Waals surface area (Å²) in [5, 5.41) is 21.8. The van der Waals surface area contributed by atoms with Crippen LogP contribution >= 0.6 is 0 Å².